The minimum atomic E-state index is -4.29. The zero-order valence-corrected chi connectivity index (χ0v) is 11.5. The molecule has 3 N–H and O–H groups in total. The number of benzene rings is 1. The van der Waals surface area contributed by atoms with Crippen LogP contribution in [0.2, 0.25) is 0 Å². The molecule has 0 saturated carbocycles. The number of amides is 1. The van der Waals surface area contributed by atoms with Crippen molar-refractivity contribution in [2.24, 2.45) is 0 Å². The van der Waals surface area contributed by atoms with Crippen LogP contribution < -0.4 is 11.1 Å². The van der Waals surface area contributed by atoms with E-state index in [1.54, 1.807) is 25.1 Å². The van der Waals surface area contributed by atoms with Crippen LogP contribution in [0, 0.1) is 6.92 Å². The number of ether oxygens (including phenoxy) is 1. The molecule has 8 heteroatoms. The minimum Gasteiger partial charge on any atom is -0.398 e. The van der Waals surface area contributed by atoms with E-state index < -0.39 is 31.0 Å². The first-order valence-electron chi connectivity index (χ1n) is 6.08. The highest BCUT2D eigenvalue weighted by atomic mass is 19.3. The molecule has 1 atom stereocenters. The van der Waals surface area contributed by atoms with Crippen molar-refractivity contribution >= 4 is 17.3 Å². The number of halogens is 4. The van der Waals surface area contributed by atoms with Gasteiger partial charge in [-0.3, -0.25) is 4.79 Å². The standard InChI is InChI=1S/C13H16F4N2O2/c1-7-9(18)4-3-5-10(7)19-11(20)8(2)21-6-13(16,17)12(14)15/h3-5,8,12H,6,18H2,1-2H3,(H,19,20). The van der Waals surface area contributed by atoms with Crippen molar-refractivity contribution in [3.05, 3.63) is 23.8 Å². The van der Waals surface area contributed by atoms with Crippen LogP contribution in [-0.2, 0) is 9.53 Å². The number of rotatable bonds is 6. The summed E-state index contributed by atoms with van der Waals surface area (Å²) in [6, 6.07) is 4.81. The lowest BCUT2D eigenvalue weighted by Gasteiger charge is -2.19. The molecule has 0 heterocycles. The Morgan fingerprint density at radius 2 is 2.05 bits per heavy atom. The van der Waals surface area contributed by atoms with Crippen LogP contribution in [0.25, 0.3) is 0 Å². The van der Waals surface area contributed by atoms with E-state index in [0.29, 0.717) is 16.9 Å². The quantitative estimate of drug-likeness (QED) is 0.627. The lowest BCUT2D eigenvalue weighted by molar-refractivity contribution is -0.176. The van der Waals surface area contributed by atoms with E-state index in [2.05, 4.69) is 10.1 Å². The molecule has 0 spiro atoms. The smallest absolute Gasteiger partial charge is 0.330 e. The maximum atomic E-state index is 12.7. The molecule has 0 radical (unpaired) electrons. The molecule has 0 fully saturated rings. The Balaban J connectivity index is 2.61. The fourth-order valence-corrected chi connectivity index (χ4v) is 1.40. The van der Waals surface area contributed by atoms with E-state index in [4.69, 9.17) is 5.73 Å². The summed E-state index contributed by atoms with van der Waals surface area (Å²) in [6.07, 6.45) is -5.15. The number of nitrogen functional groups attached to an aromatic ring is 1. The van der Waals surface area contributed by atoms with E-state index in [9.17, 15) is 22.4 Å². The van der Waals surface area contributed by atoms with Gasteiger partial charge in [-0.15, -0.1) is 0 Å². The molecule has 118 valence electrons. The van der Waals surface area contributed by atoms with Gasteiger partial charge in [0.05, 0.1) is 0 Å². The highest BCUT2D eigenvalue weighted by molar-refractivity contribution is 5.95. The first-order chi connectivity index (χ1) is 9.65. The third kappa shape index (κ3) is 4.59. The van der Waals surface area contributed by atoms with Gasteiger partial charge in [-0.05, 0) is 31.5 Å². The molecule has 0 aromatic heterocycles. The number of nitrogens with two attached hydrogens (primary N) is 1. The van der Waals surface area contributed by atoms with E-state index in [1.165, 1.54) is 6.92 Å². The highest BCUT2D eigenvalue weighted by Gasteiger charge is 2.41. The normalized spacial score (nSPS) is 13.3. The Morgan fingerprint density at radius 1 is 1.43 bits per heavy atom. The van der Waals surface area contributed by atoms with Crippen LogP contribution >= 0.6 is 0 Å². The predicted molar refractivity (Wildman–Crippen MR) is 70.6 cm³/mol. The second-order valence-corrected chi connectivity index (χ2v) is 4.52. The van der Waals surface area contributed by atoms with Gasteiger partial charge in [0.25, 0.3) is 5.91 Å². The first kappa shape index (κ1) is 17.2. The fraction of sp³-hybridized carbons (Fsp3) is 0.462. The van der Waals surface area contributed by atoms with Gasteiger partial charge in [-0.2, -0.15) is 8.78 Å². The molecular formula is C13H16F4N2O2. The number of carbonyl (C=O) groups is 1. The Kier molecular flexibility index (Phi) is 5.54. The van der Waals surface area contributed by atoms with Crippen molar-refractivity contribution in [3.8, 4) is 0 Å². The lowest BCUT2D eigenvalue weighted by Crippen LogP contribution is -2.37. The summed E-state index contributed by atoms with van der Waals surface area (Å²) in [4.78, 5) is 11.8. The largest absolute Gasteiger partial charge is 0.398 e. The summed E-state index contributed by atoms with van der Waals surface area (Å²) < 4.78 is 53.8. The molecule has 0 aliphatic rings. The summed E-state index contributed by atoms with van der Waals surface area (Å²) in [5.74, 6) is -5.02. The molecule has 0 aliphatic heterocycles. The van der Waals surface area contributed by atoms with Crippen LogP contribution in [0.3, 0.4) is 0 Å². The van der Waals surface area contributed by atoms with Crippen LogP contribution in [0.15, 0.2) is 18.2 Å². The van der Waals surface area contributed by atoms with Gasteiger partial charge in [0.15, 0.2) is 0 Å². The van der Waals surface area contributed by atoms with Crippen molar-refractivity contribution in [3.63, 3.8) is 0 Å². The average molecular weight is 308 g/mol. The first-order valence-corrected chi connectivity index (χ1v) is 6.08. The van der Waals surface area contributed by atoms with Crippen LogP contribution in [0.1, 0.15) is 12.5 Å². The second-order valence-electron chi connectivity index (χ2n) is 4.52. The number of anilines is 2. The van der Waals surface area contributed by atoms with Crippen LogP contribution in [-0.4, -0.2) is 31.0 Å². The zero-order valence-electron chi connectivity index (χ0n) is 11.5. The maximum absolute atomic E-state index is 12.7. The fourth-order valence-electron chi connectivity index (χ4n) is 1.40. The molecular weight excluding hydrogens is 292 g/mol. The summed E-state index contributed by atoms with van der Waals surface area (Å²) in [5.41, 5.74) is 7.11. The summed E-state index contributed by atoms with van der Waals surface area (Å²) in [7, 11) is 0. The molecule has 1 amide bonds. The Morgan fingerprint density at radius 3 is 2.62 bits per heavy atom. The number of nitrogens with one attached hydrogen (secondary N) is 1. The van der Waals surface area contributed by atoms with E-state index in [-0.39, 0.29) is 0 Å². The van der Waals surface area contributed by atoms with Crippen molar-refractivity contribution in [1.29, 1.82) is 0 Å². The Labute approximate surface area is 119 Å². The maximum Gasteiger partial charge on any atom is 0.330 e. The van der Waals surface area contributed by atoms with Gasteiger partial charge in [-0.1, -0.05) is 6.07 Å². The molecule has 1 aromatic carbocycles. The molecule has 0 saturated heterocycles. The Hall–Kier alpha value is -1.83. The monoisotopic (exact) mass is 308 g/mol. The number of hydrogen-bond donors (Lipinski definition) is 2. The zero-order chi connectivity index (χ0) is 16.2. The summed E-state index contributed by atoms with van der Waals surface area (Å²) in [6.45, 7) is 1.33. The summed E-state index contributed by atoms with van der Waals surface area (Å²) >= 11 is 0. The predicted octanol–water partition coefficient (Wildman–Crippen LogP) is 2.82. The van der Waals surface area contributed by atoms with E-state index in [0.717, 1.165) is 0 Å². The van der Waals surface area contributed by atoms with Crippen molar-refractivity contribution < 1.29 is 27.1 Å². The molecule has 1 rings (SSSR count). The minimum absolute atomic E-state index is 0.399. The van der Waals surface area contributed by atoms with Crippen LogP contribution in [0.5, 0.6) is 0 Å². The summed E-state index contributed by atoms with van der Waals surface area (Å²) in [5, 5.41) is 2.44. The molecule has 0 bridgehead atoms. The third-order valence-electron chi connectivity index (χ3n) is 2.85. The Bertz CT molecular complexity index is 509. The molecule has 1 unspecified atom stereocenters. The molecule has 4 nitrogen and oxygen atoms in total. The topological polar surface area (TPSA) is 64.3 Å². The van der Waals surface area contributed by atoms with Gasteiger partial charge in [0, 0.05) is 11.4 Å². The van der Waals surface area contributed by atoms with Gasteiger partial charge >= 0.3 is 12.3 Å². The van der Waals surface area contributed by atoms with E-state index >= 15 is 0 Å². The third-order valence-corrected chi connectivity index (χ3v) is 2.85. The number of alkyl halides is 4. The van der Waals surface area contributed by atoms with Crippen molar-refractivity contribution in [2.75, 3.05) is 17.7 Å². The number of hydrogen-bond acceptors (Lipinski definition) is 3. The van der Waals surface area contributed by atoms with Crippen LogP contribution in [0.4, 0.5) is 28.9 Å². The van der Waals surface area contributed by atoms with Gasteiger partial charge in [0.2, 0.25) is 0 Å². The SMILES string of the molecule is Cc1c(N)cccc1NC(=O)C(C)OCC(F)(F)C(F)F. The lowest BCUT2D eigenvalue weighted by atomic mass is 10.1. The second kappa shape index (κ2) is 6.75. The van der Waals surface area contributed by atoms with E-state index in [1.807, 2.05) is 0 Å². The highest BCUT2D eigenvalue weighted by Crippen LogP contribution is 2.24. The van der Waals surface area contributed by atoms with Gasteiger partial charge in [0.1, 0.15) is 12.7 Å². The average Bonchev–Trinajstić information content (AvgIpc) is 2.41. The van der Waals surface area contributed by atoms with Gasteiger partial charge < -0.3 is 15.8 Å². The van der Waals surface area contributed by atoms with Crippen molar-refractivity contribution in [1.82, 2.24) is 0 Å². The molecule has 21 heavy (non-hydrogen) atoms. The molecule has 1 aromatic rings. The molecule has 0 aliphatic carbocycles. The van der Waals surface area contributed by atoms with Gasteiger partial charge in [-0.25, -0.2) is 8.78 Å². The van der Waals surface area contributed by atoms with Crippen molar-refractivity contribution in [2.45, 2.75) is 32.3 Å². The number of carbonyl (C=O) groups excluding carboxylic acids is 1.